The molecule has 0 bridgehead atoms. The molecular formula is C22H23N5O2. The predicted molar refractivity (Wildman–Crippen MR) is 112 cm³/mol. The van der Waals surface area contributed by atoms with E-state index in [2.05, 4.69) is 20.2 Å². The Balaban J connectivity index is 1.36. The summed E-state index contributed by atoms with van der Waals surface area (Å²) in [5, 5.41) is 2.90. The second-order valence-corrected chi connectivity index (χ2v) is 6.81. The summed E-state index contributed by atoms with van der Waals surface area (Å²) in [6.07, 6.45) is 12.0. The number of anilines is 1. The predicted octanol–water partition coefficient (Wildman–Crippen LogP) is 2.75. The molecule has 1 fully saturated rings. The summed E-state index contributed by atoms with van der Waals surface area (Å²) in [4.78, 5) is 22.9. The molecule has 1 aliphatic heterocycles. The van der Waals surface area contributed by atoms with Crippen molar-refractivity contribution in [2.45, 2.75) is 6.54 Å². The highest BCUT2D eigenvalue weighted by atomic mass is 16.5. The lowest BCUT2D eigenvalue weighted by atomic mass is 10.2. The molecule has 29 heavy (non-hydrogen) atoms. The monoisotopic (exact) mass is 389 g/mol. The molecule has 7 nitrogen and oxygen atoms in total. The lowest BCUT2D eigenvalue weighted by Gasteiger charge is -2.26. The zero-order valence-corrected chi connectivity index (χ0v) is 16.1. The van der Waals surface area contributed by atoms with Crippen LogP contribution >= 0.6 is 0 Å². The van der Waals surface area contributed by atoms with E-state index in [-0.39, 0.29) is 5.91 Å². The van der Waals surface area contributed by atoms with Gasteiger partial charge in [-0.15, -0.1) is 0 Å². The van der Waals surface area contributed by atoms with Crippen molar-refractivity contribution in [3.63, 3.8) is 0 Å². The molecule has 0 spiro atoms. The van der Waals surface area contributed by atoms with E-state index in [1.807, 2.05) is 41.1 Å². The highest BCUT2D eigenvalue weighted by Gasteiger charge is 2.10. The summed E-state index contributed by atoms with van der Waals surface area (Å²) in [6, 6.07) is 9.84. The summed E-state index contributed by atoms with van der Waals surface area (Å²) in [7, 11) is 0. The zero-order valence-electron chi connectivity index (χ0n) is 16.1. The number of rotatable bonds is 6. The quantitative estimate of drug-likeness (QED) is 0.657. The van der Waals surface area contributed by atoms with E-state index in [4.69, 9.17) is 4.74 Å². The molecule has 2 aromatic heterocycles. The largest absolute Gasteiger partial charge is 0.379 e. The van der Waals surface area contributed by atoms with Crippen LogP contribution in [0.2, 0.25) is 0 Å². The molecule has 1 amide bonds. The number of pyridine rings is 1. The van der Waals surface area contributed by atoms with Crippen LogP contribution in [0.25, 0.3) is 11.8 Å². The van der Waals surface area contributed by atoms with Crippen LogP contribution in [0.3, 0.4) is 0 Å². The first kappa shape index (κ1) is 19.0. The SMILES string of the molecule is O=C(C=Cc1cnccc1-n1ccnc1)Nc1ccc(CN2CCOCC2)cc1. The van der Waals surface area contributed by atoms with Crippen LogP contribution in [0.4, 0.5) is 5.69 Å². The second kappa shape index (κ2) is 9.27. The van der Waals surface area contributed by atoms with Crippen molar-refractivity contribution in [1.29, 1.82) is 0 Å². The van der Waals surface area contributed by atoms with Gasteiger partial charge < -0.3 is 14.6 Å². The fraction of sp³-hybridized carbons (Fsp3) is 0.227. The Morgan fingerprint density at radius 2 is 1.93 bits per heavy atom. The first-order valence-electron chi connectivity index (χ1n) is 9.58. The molecular weight excluding hydrogens is 366 g/mol. The summed E-state index contributed by atoms with van der Waals surface area (Å²) in [6.45, 7) is 4.40. The van der Waals surface area contributed by atoms with Crippen molar-refractivity contribution in [2.75, 3.05) is 31.6 Å². The summed E-state index contributed by atoms with van der Waals surface area (Å²) < 4.78 is 7.26. The average Bonchev–Trinajstić information content (AvgIpc) is 3.29. The minimum atomic E-state index is -0.189. The van der Waals surface area contributed by atoms with Crippen LogP contribution in [0.15, 0.2) is 67.5 Å². The topological polar surface area (TPSA) is 72.3 Å². The number of imidazole rings is 1. The zero-order chi connectivity index (χ0) is 19.9. The van der Waals surface area contributed by atoms with E-state index >= 15 is 0 Å². The Labute approximate surface area is 169 Å². The van der Waals surface area contributed by atoms with Crippen LogP contribution in [0, 0.1) is 0 Å². The molecule has 1 saturated heterocycles. The van der Waals surface area contributed by atoms with Crippen molar-refractivity contribution in [1.82, 2.24) is 19.4 Å². The van der Waals surface area contributed by atoms with Gasteiger partial charge in [-0.1, -0.05) is 12.1 Å². The third kappa shape index (κ3) is 5.16. The number of ether oxygens (including phenoxy) is 1. The van der Waals surface area contributed by atoms with Crippen molar-refractivity contribution in [2.24, 2.45) is 0 Å². The van der Waals surface area contributed by atoms with Gasteiger partial charge in [-0.2, -0.15) is 0 Å². The Hall–Kier alpha value is -3.29. The van der Waals surface area contributed by atoms with Gasteiger partial charge in [-0.05, 0) is 29.8 Å². The molecule has 0 atom stereocenters. The molecule has 148 valence electrons. The van der Waals surface area contributed by atoms with E-state index in [0.717, 1.165) is 49.8 Å². The van der Waals surface area contributed by atoms with Crippen molar-refractivity contribution >= 4 is 17.7 Å². The molecule has 1 aromatic carbocycles. The number of aromatic nitrogens is 3. The summed E-state index contributed by atoms with van der Waals surface area (Å²) in [5.74, 6) is -0.189. The Morgan fingerprint density at radius 3 is 2.69 bits per heavy atom. The number of hydrogen-bond donors (Lipinski definition) is 1. The minimum Gasteiger partial charge on any atom is -0.379 e. The Kier molecular flexibility index (Phi) is 6.09. The van der Waals surface area contributed by atoms with Gasteiger partial charge in [-0.25, -0.2) is 4.98 Å². The molecule has 0 unspecified atom stereocenters. The molecule has 7 heteroatoms. The van der Waals surface area contributed by atoms with Gasteiger partial charge in [-0.3, -0.25) is 14.7 Å². The number of carbonyl (C=O) groups is 1. The number of morpholine rings is 1. The lowest BCUT2D eigenvalue weighted by molar-refractivity contribution is -0.111. The standard InChI is InChI=1S/C22H23N5O2/c28-22(6-3-19-15-23-8-7-21(19)27-10-9-24-17-27)25-20-4-1-18(2-5-20)16-26-11-13-29-14-12-26/h1-10,15,17H,11-14,16H2,(H,25,28). The molecule has 1 aliphatic rings. The molecule has 1 N–H and O–H groups in total. The van der Waals surface area contributed by atoms with E-state index in [0.29, 0.717) is 0 Å². The molecule has 0 saturated carbocycles. The maximum absolute atomic E-state index is 12.3. The van der Waals surface area contributed by atoms with Gasteiger partial charge in [0.1, 0.15) is 0 Å². The van der Waals surface area contributed by atoms with Crippen LogP contribution in [-0.2, 0) is 16.1 Å². The molecule has 0 radical (unpaired) electrons. The van der Waals surface area contributed by atoms with Crippen LogP contribution in [-0.4, -0.2) is 51.6 Å². The Morgan fingerprint density at radius 1 is 1.10 bits per heavy atom. The van der Waals surface area contributed by atoms with E-state index in [1.54, 1.807) is 31.0 Å². The fourth-order valence-electron chi connectivity index (χ4n) is 3.22. The van der Waals surface area contributed by atoms with Gasteiger partial charge in [0.05, 0.1) is 25.2 Å². The van der Waals surface area contributed by atoms with Crippen LogP contribution in [0.5, 0.6) is 0 Å². The van der Waals surface area contributed by atoms with Gasteiger partial charge in [0.15, 0.2) is 0 Å². The highest BCUT2D eigenvalue weighted by Crippen LogP contribution is 2.15. The van der Waals surface area contributed by atoms with Crippen LogP contribution < -0.4 is 5.32 Å². The van der Waals surface area contributed by atoms with Gasteiger partial charge in [0.25, 0.3) is 0 Å². The molecule has 3 aromatic rings. The van der Waals surface area contributed by atoms with Crippen LogP contribution in [0.1, 0.15) is 11.1 Å². The summed E-state index contributed by atoms with van der Waals surface area (Å²) >= 11 is 0. The normalized spacial score (nSPS) is 14.9. The summed E-state index contributed by atoms with van der Waals surface area (Å²) in [5.41, 5.74) is 3.74. The first-order valence-corrected chi connectivity index (χ1v) is 9.58. The minimum absolute atomic E-state index is 0.189. The van der Waals surface area contributed by atoms with Gasteiger partial charge >= 0.3 is 0 Å². The first-order chi connectivity index (χ1) is 14.3. The molecule has 4 rings (SSSR count). The van der Waals surface area contributed by atoms with E-state index < -0.39 is 0 Å². The number of carbonyl (C=O) groups excluding carboxylic acids is 1. The lowest BCUT2D eigenvalue weighted by Crippen LogP contribution is -2.35. The van der Waals surface area contributed by atoms with Gasteiger partial charge in [0, 0.05) is 61.7 Å². The maximum atomic E-state index is 12.3. The molecule has 0 aliphatic carbocycles. The Bertz CT molecular complexity index is 961. The fourth-order valence-corrected chi connectivity index (χ4v) is 3.22. The molecule has 3 heterocycles. The second-order valence-electron chi connectivity index (χ2n) is 6.81. The third-order valence-electron chi connectivity index (χ3n) is 4.76. The number of nitrogens with zero attached hydrogens (tertiary/aromatic N) is 4. The van der Waals surface area contributed by atoms with Crippen molar-refractivity contribution in [3.8, 4) is 5.69 Å². The smallest absolute Gasteiger partial charge is 0.248 e. The van der Waals surface area contributed by atoms with Crippen molar-refractivity contribution < 1.29 is 9.53 Å². The maximum Gasteiger partial charge on any atom is 0.248 e. The van der Waals surface area contributed by atoms with Gasteiger partial charge in [0.2, 0.25) is 5.91 Å². The number of hydrogen-bond acceptors (Lipinski definition) is 5. The van der Waals surface area contributed by atoms with Crippen molar-refractivity contribution in [3.05, 3.63) is 78.6 Å². The third-order valence-corrected chi connectivity index (χ3v) is 4.76. The van der Waals surface area contributed by atoms with E-state index in [9.17, 15) is 4.79 Å². The number of nitrogens with one attached hydrogen (secondary N) is 1. The number of amides is 1. The number of benzene rings is 1. The average molecular weight is 389 g/mol. The highest BCUT2D eigenvalue weighted by molar-refractivity contribution is 6.02. The van der Waals surface area contributed by atoms with E-state index in [1.165, 1.54) is 11.6 Å².